The molecule has 0 amide bonds. The first-order chi connectivity index (χ1) is 8.00. The Labute approximate surface area is 108 Å². The van der Waals surface area contributed by atoms with Gasteiger partial charge in [-0.3, -0.25) is 0 Å². The van der Waals surface area contributed by atoms with Crippen molar-refractivity contribution in [3.63, 3.8) is 0 Å². The molecule has 0 radical (unpaired) electrons. The number of nitrogens with zero attached hydrogens (tertiary/aromatic N) is 1. The molecule has 0 atom stereocenters. The van der Waals surface area contributed by atoms with Crippen molar-refractivity contribution in [1.29, 1.82) is 0 Å². The third kappa shape index (κ3) is 2.25. The quantitative estimate of drug-likeness (QED) is 0.714. The zero-order chi connectivity index (χ0) is 12.6. The number of aromatic nitrogens is 1. The number of aryl methyl sites for hydroxylation is 2. The van der Waals surface area contributed by atoms with Crippen molar-refractivity contribution in [1.82, 2.24) is 4.57 Å². The van der Waals surface area contributed by atoms with Crippen LogP contribution < -0.4 is 0 Å². The molecule has 2 aromatic rings. The zero-order valence-electron chi connectivity index (χ0n) is 10.8. The average molecular weight is 248 g/mol. The maximum Gasteiger partial charge on any atom is 0.0458 e. The van der Waals surface area contributed by atoms with Gasteiger partial charge in [0.2, 0.25) is 0 Å². The number of benzene rings is 1. The van der Waals surface area contributed by atoms with Gasteiger partial charge in [0.1, 0.15) is 0 Å². The number of halogens is 1. The molecule has 0 aliphatic heterocycles. The van der Waals surface area contributed by atoms with E-state index in [0.717, 1.165) is 5.02 Å². The topological polar surface area (TPSA) is 4.93 Å². The molecule has 0 saturated heterocycles. The highest BCUT2D eigenvalue weighted by Gasteiger charge is 2.09. The molecule has 0 spiro atoms. The van der Waals surface area contributed by atoms with E-state index in [0.29, 0.717) is 5.92 Å². The van der Waals surface area contributed by atoms with Crippen molar-refractivity contribution in [3.8, 4) is 5.69 Å². The molecule has 0 fully saturated rings. The van der Waals surface area contributed by atoms with Crippen LogP contribution >= 0.6 is 11.6 Å². The normalized spacial score (nSPS) is 11.2. The molecule has 90 valence electrons. The fourth-order valence-electron chi connectivity index (χ4n) is 2.19. The first kappa shape index (κ1) is 12.3. The molecule has 2 rings (SSSR count). The third-order valence-corrected chi connectivity index (χ3v) is 3.48. The Balaban J connectivity index is 2.58. The molecule has 17 heavy (non-hydrogen) atoms. The lowest BCUT2D eigenvalue weighted by Crippen LogP contribution is -2.00. The summed E-state index contributed by atoms with van der Waals surface area (Å²) in [5.74, 6) is 0.443. The lowest BCUT2D eigenvalue weighted by Gasteiger charge is -2.14. The summed E-state index contributed by atoms with van der Waals surface area (Å²) in [6.45, 7) is 8.58. The highest BCUT2D eigenvalue weighted by Crippen LogP contribution is 2.27. The van der Waals surface area contributed by atoms with E-state index in [1.165, 1.54) is 22.6 Å². The van der Waals surface area contributed by atoms with Gasteiger partial charge >= 0.3 is 0 Å². The minimum atomic E-state index is 0.443. The minimum absolute atomic E-state index is 0.443. The van der Waals surface area contributed by atoms with Crippen LogP contribution in [-0.2, 0) is 0 Å². The van der Waals surface area contributed by atoms with Gasteiger partial charge in [0.15, 0.2) is 0 Å². The van der Waals surface area contributed by atoms with Crippen molar-refractivity contribution >= 4 is 11.6 Å². The van der Waals surface area contributed by atoms with Crippen LogP contribution in [0.4, 0.5) is 0 Å². The van der Waals surface area contributed by atoms with Gasteiger partial charge in [-0.1, -0.05) is 25.4 Å². The molecule has 0 aliphatic carbocycles. The monoisotopic (exact) mass is 247 g/mol. The fourth-order valence-corrected chi connectivity index (χ4v) is 2.52. The average Bonchev–Trinajstić information content (AvgIpc) is 2.59. The van der Waals surface area contributed by atoms with E-state index < -0.39 is 0 Å². The summed E-state index contributed by atoms with van der Waals surface area (Å²) in [6, 6.07) is 10.5. The second kappa shape index (κ2) is 4.58. The molecule has 0 bridgehead atoms. The van der Waals surface area contributed by atoms with E-state index in [9.17, 15) is 0 Å². The van der Waals surface area contributed by atoms with Crippen LogP contribution in [0.5, 0.6) is 0 Å². The summed E-state index contributed by atoms with van der Waals surface area (Å²) in [6.07, 6.45) is 0. The van der Waals surface area contributed by atoms with Crippen LogP contribution in [0.3, 0.4) is 0 Å². The van der Waals surface area contributed by atoms with Gasteiger partial charge in [-0.15, -0.1) is 0 Å². The van der Waals surface area contributed by atoms with Gasteiger partial charge in [0.25, 0.3) is 0 Å². The minimum Gasteiger partial charge on any atom is -0.319 e. The van der Waals surface area contributed by atoms with Crippen LogP contribution in [0.2, 0.25) is 5.02 Å². The Morgan fingerprint density at radius 1 is 1.00 bits per heavy atom. The van der Waals surface area contributed by atoms with E-state index in [4.69, 9.17) is 11.6 Å². The highest BCUT2D eigenvalue weighted by molar-refractivity contribution is 6.31. The molecule has 1 heterocycles. The smallest absolute Gasteiger partial charge is 0.0458 e. The first-order valence-corrected chi connectivity index (χ1v) is 6.33. The molecule has 1 aromatic carbocycles. The van der Waals surface area contributed by atoms with Gasteiger partial charge in [-0.25, -0.2) is 0 Å². The van der Waals surface area contributed by atoms with Crippen LogP contribution in [0.15, 0.2) is 30.3 Å². The SMILES string of the molecule is Cc1ccc(C)n1-c1ccc(Cl)c(C(C)C)c1. The molecule has 0 N–H and O–H groups in total. The second-order valence-electron chi connectivity index (χ2n) is 4.81. The summed E-state index contributed by atoms with van der Waals surface area (Å²) < 4.78 is 2.25. The molecule has 0 unspecified atom stereocenters. The van der Waals surface area contributed by atoms with Crippen LogP contribution in [-0.4, -0.2) is 4.57 Å². The maximum atomic E-state index is 6.22. The summed E-state index contributed by atoms with van der Waals surface area (Å²) >= 11 is 6.22. The molecule has 0 saturated carbocycles. The highest BCUT2D eigenvalue weighted by atomic mass is 35.5. The Morgan fingerprint density at radius 2 is 1.59 bits per heavy atom. The number of rotatable bonds is 2. The van der Waals surface area contributed by atoms with Crippen molar-refractivity contribution in [3.05, 3.63) is 52.3 Å². The van der Waals surface area contributed by atoms with E-state index in [1.54, 1.807) is 0 Å². The summed E-state index contributed by atoms with van der Waals surface area (Å²) in [4.78, 5) is 0. The molecule has 2 heteroatoms. The summed E-state index contributed by atoms with van der Waals surface area (Å²) in [5.41, 5.74) is 4.90. The Kier molecular flexibility index (Phi) is 3.30. The van der Waals surface area contributed by atoms with Crippen molar-refractivity contribution in [2.45, 2.75) is 33.6 Å². The molecule has 1 nitrogen and oxygen atoms in total. The van der Waals surface area contributed by atoms with Gasteiger partial charge in [0, 0.05) is 22.1 Å². The van der Waals surface area contributed by atoms with Gasteiger partial charge in [-0.2, -0.15) is 0 Å². The fraction of sp³-hybridized carbons (Fsp3) is 0.333. The predicted octanol–water partition coefficient (Wildman–Crippen LogP) is 4.87. The molecule has 0 aliphatic rings. The second-order valence-corrected chi connectivity index (χ2v) is 5.22. The number of hydrogen-bond donors (Lipinski definition) is 0. The number of hydrogen-bond acceptors (Lipinski definition) is 0. The van der Waals surface area contributed by atoms with Gasteiger partial charge in [-0.05, 0) is 55.7 Å². The maximum absolute atomic E-state index is 6.22. The van der Waals surface area contributed by atoms with E-state index in [1.807, 2.05) is 6.07 Å². The van der Waals surface area contributed by atoms with E-state index in [2.05, 4.69) is 56.5 Å². The van der Waals surface area contributed by atoms with Crippen molar-refractivity contribution in [2.75, 3.05) is 0 Å². The lowest BCUT2D eigenvalue weighted by molar-refractivity contribution is 0.859. The first-order valence-electron chi connectivity index (χ1n) is 5.95. The largest absolute Gasteiger partial charge is 0.319 e. The van der Waals surface area contributed by atoms with E-state index >= 15 is 0 Å². The lowest BCUT2D eigenvalue weighted by atomic mass is 10.0. The Bertz CT molecular complexity index is 518. The van der Waals surface area contributed by atoms with Crippen LogP contribution in [0, 0.1) is 13.8 Å². The standard InChI is InChI=1S/C15H18ClN/c1-10(2)14-9-13(7-8-15(14)16)17-11(3)5-6-12(17)4/h5-10H,1-4H3. The zero-order valence-corrected chi connectivity index (χ0v) is 11.5. The Morgan fingerprint density at radius 3 is 2.12 bits per heavy atom. The van der Waals surface area contributed by atoms with Crippen LogP contribution in [0.25, 0.3) is 5.69 Å². The van der Waals surface area contributed by atoms with Crippen molar-refractivity contribution < 1.29 is 0 Å². The van der Waals surface area contributed by atoms with Crippen molar-refractivity contribution in [2.24, 2.45) is 0 Å². The predicted molar refractivity (Wildman–Crippen MR) is 74.3 cm³/mol. The van der Waals surface area contributed by atoms with E-state index in [-0.39, 0.29) is 0 Å². The third-order valence-electron chi connectivity index (χ3n) is 3.13. The Hall–Kier alpha value is -1.21. The summed E-state index contributed by atoms with van der Waals surface area (Å²) in [5, 5.41) is 0.853. The van der Waals surface area contributed by atoms with Crippen LogP contribution in [0.1, 0.15) is 36.7 Å². The van der Waals surface area contributed by atoms with Gasteiger partial charge in [0.05, 0.1) is 0 Å². The molecule has 1 aromatic heterocycles. The molecular weight excluding hydrogens is 230 g/mol. The van der Waals surface area contributed by atoms with Gasteiger partial charge < -0.3 is 4.57 Å². The summed E-state index contributed by atoms with van der Waals surface area (Å²) in [7, 11) is 0. The molecular formula is C15H18ClN.